The first-order valence-corrected chi connectivity index (χ1v) is 22.2. The van der Waals surface area contributed by atoms with Crippen LogP contribution in [0.3, 0.4) is 0 Å². The van der Waals surface area contributed by atoms with Gasteiger partial charge in [0.05, 0.1) is 12.2 Å². The van der Waals surface area contributed by atoms with Gasteiger partial charge in [-0.25, -0.2) is 0 Å². The maximum Gasteiger partial charge on any atom is 0.262 e. The maximum absolute atomic E-state index is 7.82. The van der Waals surface area contributed by atoms with Crippen LogP contribution in [0.5, 0.6) is 0 Å². The Kier molecular flexibility index (Phi) is 11.4. The average Bonchev–Trinajstić information content (AvgIpc) is 3.17. The van der Waals surface area contributed by atoms with Crippen LogP contribution in [0, 0.1) is 0 Å². The van der Waals surface area contributed by atoms with Crippen LogP contribution < -0.4 is 20.7 Å². The van der Waals surface area contributed by atoms with E-state index in [-0.39, 0.29) is 22.3 Å². The van der Waals surface area contributed by atoms with Gasteiger partial charge in [-0.05, 0) is 42.0 Å². The fourth-order valence-corrected chi connectivity index (χ4v) is 16.9. The van der Waals surface area contributed by atoms with Crippen molar-refractivity contribution in [3.05, 3.63) is 205 Å². The number of hydrogen-bond donors (Lipinski definition) is 0. The largest absolute Gasteiger partial charge is 0.397 e. The van der Waals surface area contributed by atoms with E-state index in [0.717, 1.165) is 11.1 Å². The van der Waals surface area contributed by atoms with Crippen molar-refractivity contribution in [1.29, 1.82) is 0 Å². The summed E-state index contributed by atoms with van der Waals surface area (Å²) in [5, 5.41) is 4.66. The molecule has 0 spiro atoms. The SMILES string of the molecule is CC(C)(C)[Si](OC(/C=C/C(O[Si](c1ccccc1)(c1ccccc1)C(C)(C)C)c1ccccc1)c1ccccc1)(c1ccccc1)c1ccccc1. The first-order chi connectivity index (χ1) is 25.1. The van der Waals surface area contributed by atoms with Crippen molar-refractivity contribution in [3.8, 4) is 0 Å². The van der Waals surface area contributed by atoms with Gasteiger partial charge in [0, 0.05) is 0 Å². The van der Waals surface area contributed by atoms with E-state index in [9.17, 15) is 0 Å². The van der Waals surface area contributed by atoms with Gasteiger partial charge in [-0.15, -0.1) is 0 Å². The summed E-state index contributed by atoms with van der Waals surface area (Å²) in [5.41, 5.74) is 2.23. The normalized spacial score (nSPS) is 13.9. The highest BCUT2D eigenvalue weighted by atomic mass is 28.4. The summed E-state index contributed by atoms with van der Waals surface area (Å²) in [5.74, 6) is 0. The molecule has 4 heteroatoms. The van der Waals surface area contributed by atoms with E-state index in [4.69, 9.17) is 8.85 Å². The van der Waals surface area contributed by atoms with Crippen molar-refractivity contribution in [3.63, 3.8) is 0 Å². The lowest BCUT2D eigenvalue weighted by molar-refractivity contribution is 0.222. The Hall–Kier alpha value is -4.59. The van der Waals surface area contributed by atoms with Crippen molar-refractivity contribution in [2.24, 2.45) is 0 Å². The van der Waals surface area contributed by atoms with Gasteiger partial charge in [0.2, 0.25) is 0 Å². The minimum atomic E-state index is -2.91. The number of benzene rings is 6. The molecule has 0 fully saturated rings. The Labute approximate surface area is 314 Å². The molecule has 6 aromatic rings. The van der Waals surface area contributed by atoms with E-state index in [1.54, 1.807) is 0 Å². The standard InChI is InChI=1S/C48H52O2Si2/c1-47(2,3)51(41-29-17-9-18-30-41,42-31-19-10-20-32-42)49-45(39-25-13-7-14-26-39)37-38-46(40-27-15-8-16-28-40)50-52(48(4,5)6,43-33-21-11-22-34-43)44-35-23-12-24-36-44/h7-38,45-46H,1-6H3/b38-37+. The molecule has 0 amide bonds. The molecule has 0 heterocycles. The minimum absolute atomic E-state index is 0.180. The van der Waals surface area contributed by atoms with Crippen LogP contribution in [0.4, 0.5) is 0 Å². The van der Waals surface area contributed by atoms with Crippen LogP contribution in [-0.2, 0) is 8.85 Å². The smallest absolute Gasteiger partial charge is 0.262 e. The van der Waals surface area contributed by atoms with E-state index in [0.29, 0.717) is 0 Å². The van der Waals surface area contributed by atoms with E-state index >= 15 is 0 Å². The van der Waals surface area contributed by atoms with Gasteiger partial charge in [0.15, 0.2) is 0 Å². The van der Waals surface area contributed by atoms with Crippen LogP contribution in [0.2, 0.25) is 10.1 Å². The molecule has 6 aromatic carbocycles. The van der Waals surface area contributed by atoms with E-state index in [1.807, 2.05) is 0 Å². The second kappa shape index (κ2) is 16.0. The molecule has 6 rings (SSSR count). The Balaban J connectivity index is 1.54. The third-order valence-electron chi connectivity index (χ3n) is 10.2. The molecule has 0 radical (unpaired) electrons. The zero-order valence-electron chi connectivity index (χ0n) is 31.4. The molecule has 2 atom stereocenters. The van der Waals surface area contributed by atoms with Gasteiger partial charge in [-0.3, -0.25) is 0 Å². The highest BCUT2D eigenvalue weighted by Gasteiger charge is 2.53. The zero-order chi connectivity index (χ0) is 36.7. The number of rotatable bonds is 12. The molecule has 0 saturated heterocycles. The monoisotopic (exact) mass is 716 g/mol. The molecule has 264 valence electrons. The summed E-state index contributed by atoms with van der Waals surface area (Å²) < 4.78 is 15.6. The van der Waals surface area contributed by atoms with Crippen LogP contribution in [0.25, 0.3) is 0 Å². The summed E-state index contributed by atoms with van der Waals surface area (Å²) in [4.78, 5) is 0. The predicted octanol–water partition coefficient (Wildman–Crippen LogP) is 10.2. The van der Waals surface area contributed by atoms with Crippen molar-refractivity contribution >= 4 is 37.4 Å². The van der Waals surface area contributed by atoms with Crippen LogP contribution in [0.1, 0.15) is 64.9 Å². The summed E-state index contributed by atoms with van der Waals surface area (Å²) in [6.07, 6.45) is 3.87. The van der Waals surface area contributed by atoms with Gasteiger partial charge in [0.25, 0.3) is 16.6 Å². The highest BCUT2D eigenvalue weighted by Crippen LogP contribution is 2.42. The zero-order valence-corrected chi connectivity index (χ0v) is 33.4. The molecule has 0 aliphatic heterocycles. The van der Waals surface area contributed by atoms with Crippen molar-refractivity contribution in [1.82, 2.24) is 0 Å². The lowest BCUT2D eigenvalue weighted by Gasteiger charge is -2.45. The summed E-state index contributed by atoms with van der Waals surface area (Å²) >= 11 is 0. The molecular weight excluding hydrogens is 665 g/mol. The Bertz CT molecular complexity index is 1760. The van der Waals surface area contributed by atoms with Gasteiger partial charge in [-0.2, -0.15) is 0 Å². The second-order valence-corrected chi connectivity index (χ2v) is 24.1. The predicted molar refractivity (Wildman–Crippen MR) is 225 cm³/mol. The molecular formula is C48H52O2Si2. The molecule has 0 saturated carbocycles. The molecule has 0 aromatic heterocycles. The highest BCUT2D eigenvalue weighted by molar-refractivity contribution is 7.00. The molecule has 0 bridgehead atoms. The van der Waals surface area contributed by atoms with Gasteiger partial charge < -0.3 is 8.85 Å². The third kappa shape index (κ3) is 7.62. The summed E-state index contributed by atoms with van der Waals surface area (Å²) in [7, 11) is -5.82. The molecule has 2 unspecified atom stereocenters. The van der Waals surface area contributed by atoms with E-state index in [2.05, 4.69) is 236 Å². The van der Waals surface area contributed by atoms with Crippen molar-refractivity contribution in [2.45, 2.75) is 63.8 Å². The van der Waals surface area contributed by atoms with Crippen molar-refractivity contribution < 1.29 is 8.85 Å². The van der Waals surface area contributed by atoms with E-state index < -0.39 is 16.6 Å². The van der Waals surface area contributed by atoms with Crippen LogP contribution in [-0.4, -0.2) is 16.6 Å². The fraction of sp³-hybridized carbons (Fsp3) is 0.208. The molecule has 0 aliphatic carbocycles. The molecule has 0 aliphatic rings. The number of hydrogen-bond acceptors (Lipinski definition) is 2. The van der Waals surface area contributed by atoms with Gasteiger partial charge in [-0.1, -0.05) is 236 Å². The first-order valence-electron chi connectivity index (χ1n) is 18.4. The summed E-state index contributed by atoms with van der Waals surface area (Å²) in [6, 6.07) is 64.9. The lowest BCUT2D eigenvalue weighted by atomic mass is 10.1. The lowest BCUT2D eigenvalue weighted by Crippen LogP contribution is -2.67. The topological polar surface area (TPSA) is 18.5 Å². The average molecular weight is 717 g/mol. The fourth-order valence-electron chi connectivity index (χ4n) is 7.69. The Morgan fingerprint density at radius 1 is 0.346 bits per heavy atom. The quantitative estimate of drug-likeness (QED) is 0.0928. The van der Waals surface area contributed by atoms with Crippen LogP contribution >= 0.6 is 0 Å². The molecule has 0 N–H and O–H groups in total. The van der Waals surface area contributed by atoms with E-state index in [1.165, 1.54) is 20.7 Å². The Morgan fingerprint density at radius 2 is 0.558 bits per heavy atom. The van der Waals surface area contributed by atoms with Gasteiger partial charge >= 0.3 is 0 Å². The Morgan fingerprint density at radius 3 is 0.769 bits per heavy atom. The maximum atomic E-state index is 7.82. The first kappa shape index (κ1) is 37.2. The van der Waals surface area contributed by atoms with Crippen LogP contribution in [0.15, 0.2) is 194 Å². The summed E-state index contributed by atoms with van der Waals surface area (Å²) in [6.45, 7) is 14.0. The van der Waals surface area contributed by atoms with Gasteiger partial charge in [0.1, 0.15) is 0 Å². The second-order valence-electron chi connectivity index (χ2n) is 15.6. The third-order valence-corrected chi connectivity index (χ3v) is 20.2. The van der Waals surface area contributed by atoms with Crippen molar-refractivity contribution in [2.75, 3.05) is 0 Å². The molecule has 2 nitrogen and oxygen atoms in total. The molecule has 52 heavy (non-hydrogen) atoms. The minimum Gasteiger partial charge on any atom is -0.397 e.